The van der Waals surface area contributed by atoms with E-state index in [0.717, 1.165) is 11.3 Å². The number of esters is 1. The number of rotatable bonds is 5. The zero-order valence-corrected chi connectivity index (χ0v) is 10.5. The number of thiophene rings is 1. The van der Waals surface area contributed by atoms with E-state index in [0.29, 0.717) is 15.1 Å². The molecule has 0 aliphatic heterocycles. The van der Waals surface area contributed by atoms with Gasteiger partial charge in [-0.3, -0.25) is 4.79 Å². The molecule has 1 heterocycles. The van der Waals surface area contributed by atoms with Crippen molar-refractivity contribution in [3.63, 3.8) is 0 Å². The van der Waals surface area contributed by atoms with E-state index in [1.807, 2.05) is 0 Å². The third-order valence-corrected chi connectivity index (χ3v) is 3.16. The summed E-state index contributed by atoms with van der Waals surface area (Å²) in [5, 5.41) is 0. The Kier molecular flexibility index (Phi) is 5.05. The minimum atomic E-state index is -0.544. The highest BCUT2D eigenvalue weighted by Crippen LogP contribution is 2.31. The molecule has 0 saturated carbocycles. The summed E-state index contributed by atoms with van der Waals surface area (Å²) < 4.78 is 5.61. The molecular weight excluding hydrogens is 273 g/mol. The molecule has 1 rings (SSSR count). The molecule has 4 nitrogen and oxygen atoms in total. The maximum absolute atomic E-state index is 11.4. The van der Waals surface area contributed by atoms with Crippen molar-refractivity contribution in [2.75, 3.05) is 6.61 Å². The summed E-state index contributed by atoms with van der Waals surface area (Å²) in [5.74, 6) is -0.967. The van der Waals surface area contributed by atoms with Crippen LogP contribution in [0.15, 0.2) is 6.07 Å². The molecule has 0 fully saturated rings. The van der Waals surface area contributed by atoms with Crippen molar-refractivity contribution in [3.05, 3.63) is 20.3 Å². The minimum Gasteiger partial charge on any atom is -0.462 e. The molecule has 88 valence electrons. The first-order chi connectivity index (χ1) is 7.50. The van der Waals surface area contributed by atoms with Gasteiger partial charge in [-0.25, -0.2) is 4.79 Å². The van der Waals surface area contributed by atoms with Gasteiger partial charge in [-0.15, -0.1) is 11.3 Å². The maximum Gasteiger partial charge on any atom is 0.340 e. The van der Waals surface area contributed by atoms with Crippen LogP contribution in [0.4, 0.5) is 0 Å². The van der Waals surface area contributed by atoms with Crippen LogP contribution in [-0.2, 0) is 9.53 Å². The molecule has 1 amide bonds. The van der Waals surface area contributed by atoms with E-state index in [9.17, 15) is 9.59 Å². The number of carbonyl (C=O) groups is 2. The van der Waals surface area contributed by atoms with Crippen LogP contribution in [0.2, 0.25) is 8.67 Å². The van der Waals surface area contributed by atoms with Crippen LogP contribution in [0.1, 0.15) is 23.2 Å². The molecular formula is C9H9Cl2NO3S. The summed E-state index contributed by atoms with van der Waals surface area (Å²) in [7, 11) is 0. The Morgan fingerprint density at radius 1 is 1.44 bits per heavy atom. The van der Waals surface area contributed by atoms with E-state index in [4.69, 9.17) is 33.7 Å². The van der Waals surface area contributed by atoms with E-state index in [2.05, 4.69) is 0 Å². The van der Waals surface area contributed by atoms with Crippen LogP contribution in [0, 0.1) is 0 Å². The predicted octanol–water partition coefficient (Wildman–Crippen LogP) is 2.48. The highest BCUT2D eigenvalue weighted by molar-refractivity contribution is 7.20. The molecule has 0 saturated heterocycles. The fraction of sp³-hybridized carbons (Fsp3) is 0.333. The Hall–Kier alpha value is -0.780. The number of hydrogen-bond donors (Lipinski definition) is 1. The van der Waals surface area contributed by atoms with Gasteiger partial charge in [0.15, 0.2) is 0 Å². The molecule has 1 aromatic heterocycles. The van der Waals surface area contributed by atoms with Crippen LogP contribution >= 0.6 is 34.5 Å². The van der Waals surface area contributed by atoms with E-state index in [1.165, 1.54) is 6.07 Å². The normalized spacial score (nSPS) is 10.1. The molecule has 16 heavy (non-hydrogen) atoms. The van der Waals surface area contributed by atoms with Gasteiger partial charge < -0.3 is 10.5 Å². The van der Waals surface area contributed by atoms with Gasteiger partial charge in [0.25, 0.3) is 0 Å². The van der Waals surface area contributed by atoms with Gasteiger partial charge in [-0.1, -0.05) is 23.2 Å². The van der Waals surface area contributed by atoms with Crippen molar-refractivity contribution < 1.29 is 14.3 Å². The molecule has 0 atom stereocenters. The predicted molar refractivity (Wildman–Crippen MR) is 63.0 cm³/mol. The quantitative estimate of drug-likeness (QED) is 0.666. The van der Waals surface area contributed by atoms with Crippen molar-refractivity contribution in [3.8, 4) is 0 Å². The first kappa shape index (κ1) is 13.3. The van der Waals surface area contributed by atoms with E-state index >= 15 is 0 Å². The van der Waals surface area contributed by atoms with Gasteiger partial charge in [0.2, 0.25) is 5.91 Å². The average molecular weight is 282 g/mol. The number of primary amides is 1. The molecule has 0 aromatic carbocycles. The molecule has 7 heteroatoms. The van der Waals surface area contributed by atoms with Crippen LogP contribution in [0.3, 0.4) is 0 Å². The summed E-state index contributed by atoms with van der Waals surface area (Å²) in [6.45, 7) is 0.131. The van der Waals surface area contributed by atoms with Gasteiger partial charge in [0.05, 0.1) is 16.5 Å². The van der Waals surface area contributed by atoms with Gasteiger partial charge in [-0.2, -0.15) is 0 Å². The van der Waals surface area contributed by atoms with Crippen LogP contribution in [0.25, 0.3) is 0 Å². The maximum atomic E-state index is 11.4. The summed E-state index contributed by atoms with van der Waals surface area (Å²) in [6.07, 6.45) is 0.585. The third-order valence-electron chi connectivity index (χ3n) is 1.68. The Morgan fingerprint density at radius 2 is 2.12 bits per heavy atom. The largest absolute Gasteiger partial charge is 0.462 e. The lowest BCUT2D eigenvalue weighted by atomic mass is 10.3. The SMILES string of the molecule is NC(=O)CCCOC(=O)c1cc(Cl)sc1Cl. The molecule has 2 N–H and O–H groups in total. The second-order valence-electron chi connectivity index (χ2n) is 2.94. The lowest BCUT2D eigenvalue weighted by Crippen LogP contribution is -2.12. The van der Waals surface area contributed by atoms with Gasteiger partial charge in [0, 0.05) is 6.42 Å². The zero-order valence-electron chi connectivity index (χ0n) is 8.16. The minimum absolute atomic E-state index is 0.131. The topological polar surface area (TPSA) is 69.4 Å². The number of carbonyl (C=O) groups excluding carboxylic acids is 2. The van der Waals surface area contributed by atoms with Crippen LogP contribution in [0.5, 0.6) is 0 Å². The van der Waals surface area contributed by atoms with Crippen LogP contribution < -0.4 is 5.73 Å². The Bertz CT molecular complexity index is 405. The number of hydrogen-bond acceptors (Lipinski definition) is 4. The first-order valence-electron chi connectivity index (χ1n) is 4.41. The highest BCUT2D eigenvalue weighted by Gasteiger charge is 2.15. The smallest absolute Gasteiger partial charge is 0.340 e. The number of ether oxygens (including phenoxy) is 1. The molecule has 0 radical (unpaired) electrons. The Labute approximate surface area is 106 Å². The highest BCUT2D eigenvalue weighted by atomic mass is 35.5. The summed E-state index contributed by atoms with van der Waals surface area (Å²) in [4.78, 5) is 21.9. The first-order valence-corrected chi connectivity index (χ1v) is 5.98. The van der Waals surface area contributed by atoms with Gasteiger partial charge >= 0.3 is 5.97 Å². The summed E-state index contributed by atoms with van der Waals surface area (Å²) >= 11 is 12.5. The van der Waals surface area contributed by atoms with Crippen molar-refractivity contribution in [1.82, 2.24) is 0 Å². The van der Waals surface area contributed by atoms with Crippen molar-refractivity contribution >= 4 is 46.4 Å². The standard InChI is InChI=1S/C9H9Cl2NO3S/c10-6-4-5(8(11)16-6)9(14)15-3-1-2-7(12)13/h4H,1-3H2,(H2,12,13). The molecule has 0 aliphatic rings. The zero-order chi connectivity index (χ0) is 12.1. The molecule has 1 aromatic rings. The monoisotopic (exact) mass is 281 g/mol. The van der Waals surface area contributed by atoms with Crippen LogP contribution in [-0.4, -0.2) is 18.5 Å². The number of nitrogens with two attached hydrogens (primary N) is 1. The van der Waals surface area contributed by atoms with E-state index in [-0.39, 0.29) is 18.6 Å². The molecule has 0 spiro atoms. The van der Waals surface area contributed by atoms with Gasteiger partial charge in [-0.05, 0) is 12.5 Å². The summed E-state index contributed by atoms with van der Waals surface area (Å²) in [6, 6.07) is 1.45. The van der Waals surface area contributed by atoms with Crippen molar-refractivity contribution in [1.29, 1.82) is 0 Å². The molecule has 0 aliphatic carbocycles. The Morgan fingerprint density at radius 3 is 2.62 bits per heavy atom. The number of amides is 1. The van der Waals surface area contributed by atoms with Crippen molar-refractivity contribution in [2.24, 2.45) is 5.73 Å². The van der Waals surface area contributed by atoms with E-state index in [1.54, 1.807) is 0 Å². The fourth-order valence-corrected chi connectivity index (χ4v) is 2.41. The fourth-order valence-electron chi connectivity index (χ4n) is 0.968. The molecule has 0 unspecified atom stereocenters. The number of halogens is 2. The van der Waals surface area contributed by atoms with Gasteiger partial charge in [0.1, 0.15) is 4.34 Å². The Balaban J connectivity index is 2.41. The lowest BCUT2D eigenvalue weighted by molar-refractivity contribution is -0.118. The average Bonchev–Trinajstić information content (AvgIpc) is 2.52. The third kappa shape index (κ3) is 4.00. The molecule has 0 bridgehead atoms. The van der Waals surface area contributed by atoms with Crippen molar-refractivity contribution in [2.45, 2.75) is 12.8 Å². The second kappa shape index (κ2) is 6.08. The lowest BCUT2D eigenvalue weighted by Gasteiger charge is -2.02. The van der Waals surface area contributed by atoms with E-state index < -0.39 is 11.9 Å². The second-order valence-corrected chi connectivity index (χ2v) is 5.23. The summed E-state index contributed by atoms with van der Waals surface area (Å²) in [5.41, 5.74) is 5.18.